The molecule has 0 amide bonds. The zero-order valence-corrected chi connectivity index (χ0v) is 7.48. The van der Waals surface area contributed by atoms with Gasteiger partial charge >= 0.3 is 0 Å². The first-order valence-corrected chi connectivity index (χ1v) is 4.09. The summed E-state index contributed by atoms with van der Waals surface area (Å²) in [6.45, 7) is 4.00. The van der Waals surface area contributed by atoms with Crippen molar-refractivity contribution in [3.8, 4) is 0 Å². The van der Waals surface area contributed by atoms with E-state index in [-0.39, 0.29) is 11.7 Å². The summed E-state index contributed by atoms with van der Waals surface area (Å²) in [7, 11) is 0. The van der Waals surface area contributed by atoms with Crippen LogP contribution in [0.2, 0.25) is 0 Å². The summed E-state index contributed by atoms with van der Waals surface area (Å²) < 4.78 is 0. The van der Waals surface area contributed by atoms with Gasteiger partial charge in [0, 0.05) is 11.5 Å². The number of hydrogen-bond donors (Lipinski definition) is 0. The highest BCUT2D eigenvalue weighted by Crippen LogP contribution is 2.22. The van der Waals surface area contributed by atoms with Crippen molar-refractivity contribution in [2.75, 3.05) is 0 Å². The zero-order chi connectivity index (χ0) is 8.43. The molecule has 1 nitrogen and oxygen atoms in total. The van der Waals surface area contributed by atoms with Crippen LogP contribution in [0.4, 0.5) is 0 Å². The van der Waals surface area contributed by atoms with Gasteiger partial charge in [-0.15, -0.1) is 0 Å². The van der Waals surface area contributed by atoms with Gasteiger partial charge < -0.3 is 0 Å². The maximum atomic E-state index is 11.2. The van der Waals surface area contributed by atoms with Gasteiger partial charge in [0.2, 0.25) is 0 Å². The fraction of sp³-hybridized carbons (Fsp3) is 0.444. The normalized spacial score (nSPS) is 18.4. The lowest BCUT2D eigenvalue weighted by Gasteiger charge is -2.12. The van der Waals surface area contributed by atoms with Gasteiger partial charge in [-0.3, -0.25) is 4.79 Å². The predicted molar refractivity (Wildman–Crippen MR) is 46.5 cm³/mol. The minimum Gasteiger partial charge on any atom is -0.294 e. The summed E-state index contributed by atoms with van der Waals surface area (Å²) in [5, 5.41) is 0.688. The van der Waals surface area contributed by atoms with E-state index in [1.807, 2.05) is 13.8 Å². The van der Waals surface area contributed by atoms with Crippen LogP contribution in [0.1, 0.15) is 20.3 Å². The Balaban J connectivity index is 2.90. The molecule has 0 aromatic rings. The number of hydrogen-bond acceptors (Lipinski definition) is 1. The molecule has 0 heterocycles. The molecule has 0 radical (unpaired) electrons. The summed E-state index contributed by atoms with van der Waals surface area (Å²) in [6, 6.07) is 0. The zero-order valence-electron chi connectivity index (χ0n) is 6.73. The molecule has 0 N–H and O–H groups in total. The summed E-state index contributed by atoms with van der Waals surface area (Å²) >= 11 is 5.75. The average molecular weight is 171 g/mol. The van der Waals surface area contributed by atoms with Gasteiger partial charge in [-0.2, -0.15) is 0 Å². The second-order valence-corrected chi connectivity index (χ2v) is 3.41. The first-order chi connectivity index (χ1) is 5.11. The van der Waals surface area contributed by atoms with Crippen molar-refractivity contribution in [1.82, 2.24) is 0 Å². The van der Waals surface area contributed by atoms with Crippen LogP contribution in [0.25, 0.3) is 0 Å². The lowest BCUT2D eigenvalue weighted by molar-refractivity contribution is -0.115. The molecule has 2 heteroatoms. The van der Waals surface area contributed by atoms with E-state index in [9.17, 15) is 4.79 Å². The van der Waals surface area contributed by atoms with Gasteiger partial charge in [0.1, 0.15) is 0 Å². The van der Waals surface area contributed by atoms with E-state index in [0.717, 1.165) is 5.57 Å². The van der Waals surface area contributed by atoms with Gasteiger partial charge in [-0.25, -0.2) is 0 Å². The van der Waals surface area contributed by atoms with Crippen LogP contribution in [0, 0.1) is 5.92 Å². The number of carbonyl (C=O) groups excluding carboxylic acids is 1. The van der Waals surface area contributed by atoms with E-state index in [4.69, 9.17) is 11.6 Å². The Morgan fingerprint density at radius 2 is 2.18 bits per heavy atom. The van der Waals surface area contributed by atoms with Crippen LogP contribution in [-0.2, 0) is 4.79 Å². The Morgan fingerprint density at radius 1 is 1.55 bits per heavy atom. The Labute approximate surface area is 71.7 Å². The Kier molecular flexibility index (Phi) is 2.50. The van der Waals surface area contributed by atoms with Crippen molar-refractivity contribution >= 4 is 17.4 Å². The van der Waals surface area contributed by atoms with Crippen LogP contribution >= 0.6 is 11.6 Å². The van der Waals surface area contributed by atoms with E-state index in [2.05, 4.69) is 0 Å². The number of allylic oxidation sites excluding steroid dienone is 4. The first-order valence-electron chi connectivity index (χ1n) is 3.71. The van der Waals surface area contributed by atoms with Gasteiger partial charge in [-0.1, -0.05) is 31.5 Å². The molecule has 1 aliphatic carbocycles. The molecule has 1 aliphatic rings. The standard InChI is InChI=1S/C9H11ClO/c1-6(2)8-5-7(10)3-4-9(8)11/h3,5-6H,4H2,1-2H3. The lowest BCUT2D eigenvalue weighted by Crippen LogP contribution is -2.10. The Morgan fingerprint density at radius 3 is 2.64 bits per heavy atom. The summed E-state index contributed by atoms with van der Waals surface area (Å²) in [5.74, 6) is 0.481. The van der Waals surface area contributed by atoms with Crippen LogP contribution in [-0.4, -0.2) is 5.78 Å². The van der Waals surface area contributed by atoms with Crippen LogP contribution in [0.3, 0.4) is 0 Å². The highest BCUT2D eigenvalue weighted by Gasteiger charge is 2.15. The maximum Gasteiger partial charge on any atom is 0.162 e. The van der Waals surface area contributed by atoms with Gasteiger partial charge in [0.05, 0.1) is 0 Å². The van der Waals surface area contributed by atoms with Crippen molar-refractivity contribution in [2.24, 2.45) is 5.92 Å². The summed E-state index contributed by atoms with van der Waals surface area (Å²) in [5.41, 5.74) is 0.845. The largest absolute Gasteiger partial charge is 0.294 e. The molecular formula is C9H11ClO. The van der Waals surface area contributed by atoms with Crippen molar-refractivity contribution in [1.29, 1.82) is 0 Å². The Hall–Kier alpha value is -0.560. The van der Waals surface area contributed by atoms with E-state index >= 15 is 0 Å². The SMILES string of the molecule is CC(C)C1=CC(Cl)=CCC1=O. The highest BCUT2D eigenvalue weighted by atomic mass is 35.5. The number of rotatable bonds is 1. The molecule has 0 spiro atoms. The van der Waals surface area contributed by atoms with Gasteiger partial charge in [0.25, 0.3) is 0 Å². The smallest absolute Gasteiger partial charge is 0.162 e. The number of halogens is 1. The molecule has 0 fully saturated rings. The topological polar surface area (TPSA) is 17.1 Å². The third-order valence-electron chi connectivity index (χ3n) is 1.72. The second kappa shape index (κ2) is 3.22. The van der Waals surface area contributed by atoms with Crippen LogP contribution < -0.4 is 0 Å². The fourth-order valence-electron chi connectivity index (χ4n) is 1.08. The molecule has 0 bridgehead atoms. The maximum absolute atomic E-state index is 11.2. The molecule has 0 aromatic carbocycles. The second-order valence-electron chi connectivity index (χ2n) is 2.97. The molecule has 0 unspecified atom stereocenters. The number of ketones is 1. The van der Waals surface area contributed by atoms with Crippen LogP contribution in [0.15, 0.2) is 22.8 Å². The first kappa shape index (κ1) is 8.54. The Bertz CT molecular complexity index is 236. The summed E-state index contributed by atoms with van der Waals surface area (Å²) in [4.78, 5) is 11.2. The van der Waals surface area contributed by atoms with E-state index in [1.54, 1.807) is 12.2 Å². The molecule has 1 rings (SSSR count). The van der Waals surface area contributed by atoms with Crippen molar-refractivity contribution in [2.45, 2.75) is 20.3 Å². The van der Waals surface area contributed by atoms with Gasteiger partial charge in [-0.05, 0) is 17.6 Å². The molecule has 0 saturated carbocycles. The van der Waals surface area contributed by atoms with Crippen molar-refractivity contribution in [3.63, 3.8) is 0 Å². The number of Topliss-reactive ketones (excluding diaryl/α,β-unsaturated/α-hetero) is 1. The number of carbonyl (C=O) groups is 1. The quantitative estimate of drug-likeness (QED) is 0.592. The molecule has 60 valence electrons. The van der Waals surface area contributed by atoms with E-state index in [1.165, 1.54) is 0 Å². The van der Waals surface area contributed by atoms with Crippen molar-refractivity contribution in [3.05, 3.63) is 22.8 Å². The molecule has 0 aliphatic heterocycles. The third-order valence-corrected chi connectivity index (χ3v) is 1.98. The summed E-state index contributed by atoms with van der Waals surface area (Å²) in [6.07, 6.45) is 3.97. The lowest BCUT2D eigenvalue weighted by atomic mass is 9.94. The highest BCUT2D eigenvalue weighted by molar-refractivity contribution is 6.32. The monoisotopic (exact) mass is 170 g/mol. The predicted octanol–water partition coefficient (Wildman–Crippen LogP) is 2.66. The molecule has 11 heavy (non-hydrogen) atoms. The average Bonchev–Trinajstić information content (AvgIpc) is 1.94. The van der Waals surface area contributed by atoms with Crippen molar-refractivity contribution < 1.29 is 4.79 Å². The molecular weight excluding hydrogens is 160 g/mol. The molecule has 0 aromatic heterocycles. The third kappa shape index (κ3) is 1.93. The fourth-order valence-corrected chi connectivity index (χ4v) is 1.28. The van der Waals surface area contributed by atoms with Crippen LogP contribution in [0.5, 0.6) is 0 Å². The minimum atomic E-state index is 0.199. The van der Waals surface area contributed by atoms with E-state index < -0.39 is 0 Å². The molecule has 0 saturated heterocycles. The van der Waals surface area contributed by atoms with Gasteiger partial charge in [0.15, 0.2) is 5.78 Å². The van der Waals surface area contributed by atoms with E-state index in [0.29, 0.717) is 11.5 Å². The minimum absolute atomic E-state index is 0.199. The molecule has 0 atom stereocenters.